The van der Waals surface area contributed by atoms with E-state index in [-0.39, 0.29) is 34.8 Å². The van der Waals surface area contributed by atoms with Gasteiger partial charge in [0, 0.05) is 47.6 Å². The molecule has 0 aliphatic carbocycles. The van der Waals surface area contributed by atoms with Gasteiger partial charge in [-0.25, -0.2) is 9.13 Å². The van der Waals surface area contributed by atoms with Crippen LogP contribution in [-0.2, 0) is 0 Å². The van der Waals surface area contributed by atoms with E-state index in [4.69, 9.17) is 4.42 Å². The molecule has 0 saturated heterocycles. The van der Waals surface area contributed by atoms with E-state index in [0.29, 0.717) is 59.3 Å². The van der Waals surface area contributed by atoms with Gasteiger partial charge in [0.2, 0.25) is 0 Å². The van der Waals surface area contributed by atoms with E-state index in [0.717, 1.165) is 54.6 Å². The zero-order valence-corrected chi connectivity index (χ0v) is 34.1. The van der Waals surface area contributed by atoms with Crippen molar-refractivity contribution in [2.24, 2.45) is 0 Å². The van der Waals surface area contributed by atoms with Crippen molar-refractivity contribution in [2.75, 3.05) is 0 Å². The smallest absolute Gasteiger partial charge is 0.266 e. The molecule has 7 aromatic carbocycles. The van der Waals surface area contributed by atoms with Crippen LogP contribution in [0.5, 0.6) is 0 Å². The fourth-order valence-corrected chi connectivity index (χ4v) is 10.3. The minimum Gasteiger partial charge on any atom is -0.456 e. The summed E-state index contributed by atoms with van der Waals surface area (Å²) >= 11 is 3.87. The van der Waals surface area contributed by atoms with Gasteiger partial charge in [-0.2, -0.15) is 0 Å². The SMILES string of the molecule is CC(C)c1cccc(C(C)C)c1-n1c(=O)c2ccc3c4c(Br)cc5c(=O)n(-c6c(C(C)C)cccc6C(C)C)c(=O)c6cc7oc8cc(c1=O)c2c3c8c7c4c56. The Kier molecular flexibility index (Phi) is 7.29. The van der Waals surface area contributed by atoms with Gasteiger partial charge in [0.15, 0.2) is 0 Å². The first-order valence-corrected chi connectivity index (χ1v) is 20.2. The lowest BCUT2D eigenvalue weighted by Crippen LogP contribution is -2.34. The highest BCUT2D eigenvalue weighted by Crippen LogP contribution is 2.51. The molecular formula is C48H39BrN2O5. The maximum absolute atomic E-state index is 14.9. The number of rotatable bonds is 6. The van der Waals surface area contributed by atoms with Gasteiger partial charge in [-0.05, 0) is 75.6 Å². The van der Waals surface area contributed by atoms with Crippen molar-refractivity contribution in [1.82, 2.24) is 9.13 Å². The van der Waals surface area contributed by atoms with E-state index in [1.807, 2.05) is 54.6 Å². The van der Waals surface area contributed by atoms with E-state index in [1.165, 1.54) is 9.13 Å². The Labute approximate surface area is 329 Å². The fraction of sp³-hybridized carbons (Fsp3) is 0.250. The van der Waals surface area contributed by atoms with Gasteiger partial charge < -0.3 is 4.42 Å². The summed E-state index contributed by atoms with van der Waals surface area (Å²) in [5, 5.41) is 7.46. The van der Waals surface area contributed by atoms with Gasteiger partial charge in [-0.15, -0.1) is 0 Å². The lowest BCUT2D eigenvalue weighted by molar-refractivity contribution is 0.670. The minimum atomic E-state index is -0.404. The van der Waals surface area contributed by atoms with Crippen LogP contribution in [0.4, 0.5) is 0 Å². The quantitative estimate of drug-likeness (QED) is 0.123. The molecule has 8 heteroatoms. The summed E-state index contributed by atoms with van der Waals surface area (Å²) in [6.45, 7) is 16.6. The van der Waals surface area contributed by atoms with Crippen LogP contribution in [0.25, 0.3) is 87.2 Å². The molecule has 0 amide bonds. The summed E-state index contributed by atoms with van der Waals surface area (Å²) in [5.41, 5.74) is 4.41. The van der Waals surface area contributed by atoms with Crippen molar-refractivity contribution < 1.29 is 4.42 Å². The average Bonchev–Trinajstić information content (AvgIpc) is 3.54. The summed E-state index contributed by atoms with van der Waals surface area (Å²) in [4.78, 5) is 59.5. The molecule has 7 nitrogen and oxygen atoms in total. The van der Waals surface area contributed by atoms with Crippen molar-refractivity contribution in [1.29, 1.82) is 0 Å². The number of hydrogen-bond acceptors (Lipinski definition) is 5. The Balaban J connectivity index is 1.41. The van der Waals surface area contributed by atoms with Crippen molar-refractivity contribution in [3.8, 4) is 11.4 Å². The number of halogens is 1. The van der Waals surface area contributed by atoms with Crippen molar-refractivity contribution >= 4 is 91.7 Å². The predicted molar refractivity (Wildman–Crippen MR) is 234 cm³/mol. The molecular weight excluding hydrogens is 764 g/mol. The van der Waals surface area contributed by atoms with Gasteiger partial charge in [0.1, 0.15) is 11.2 Å². The maximum Gasteiger partial charge on any atom is 0.266 e. The molecule has 0 fully saturated rings. The molecule has 0 spiro atoms. The second-order valence-electron chi connectivity index (χ2n) is 16.7. The van der Waals surface area contributed by atoms with E-state index in [9.17, 15) is 19.2 Å². The summed E-state index contributed by atoms with van der Waals surface area (Å²) in [7, 11) is 0. The molecule has 56 heavy (non-hydrogen) atoms. The van der Waals surface area contributed by atoms with Crippen molar-refractivity contribution in [3.05, 3.63) is 135 Å². The van der Waals surface area contributed by atoms with Gasteiger partial charge in [-0.1, -0.05) is 114 Å². The largest absolute Gasteiger partial charge is 0.456 e. The Bertz CT molecular complexity index is 3480. The van der Waals surface area contributed by atoms with E-state index < -0.39 is 11.1 Å². The first-order chi connectivity index (χ1) is 26.7. The molecule has 10 rings (SSSR count). The highest BCUT2D eigenvalue weighted by atomic mass is 79.9. The van der Waals surface area contributed by atoms with E-state index >= 15 is 0 Å². The topological polar surface area (TPSA) is 91.3 Å². The van der Waals surface area contributed by atoms with Crippen molar-refractivity contribution in [3.63, 3.8) is 0 Å². The van der Waals surface area contributed by atoms with Crippen LogP contribution in [0.2, 0.25) is 0 Å². The number of fused-ring (bicyclic) bond motifs is 1. The summed E-state index contributed by atoms with van der Waals surface area (Å²) in [6.07, 6.45) is 0. The van der Waals surface area contributed by atoms with Gasteiger partial charge >= 0.3 is 0 Å². The Morgan fingerprint density at radius 3 is 1.25 bits per heavy atom. The molecule has 0 aliphatic heterocycles. The van der Waals surface area contributed by atoms with Crippen LogP contribution in [0.1, 0.15) is 101 Å². The average molecular weight is 804 g/mol. The Morgan fingerprint density at radius 1 is 0.429 bits per heavy atom. The molecule has 10 aromatic rings. The number of furan rings is 1. The van der Waals surface area contributed by atoms with Crippen molar-refractivity contribution in [2.45, 2.75) is 79.1 Å². The fourth-order valence-electron chi connectivity index (χ4n) is 9.66. The standard InChI is InChI=1S/C48H39BrN2O5/c1-20(2)24-11-9-12-25(21(3)4)43(24)50-45(52)29-16-15-28-38-33(49)17-30-37-32(48(55)51(46(30)53)44-26(22(5)6)13-10-14-27(44)23(7)8)19-35-41(42(37)38)40-34(56-35)18-31(47(50)54)36(29)39(28)40/h9-23H,1-8H3. The highest BCUT2D eigenvalue weighted by Gasteiger charge is 2.31. The van der Waals surface area contributed by atoms with Crippen LogP contribution in [0.3, 0.4) is 0 Å². The van der Waals surface area contributed by atoms with Crippen LogP contribution in [0, 0.1) is 0 Å². The Morgan fingerprint density at radius 2 is 0.804 bits per heavy atom. The first-order valence-electron chi connectivity index (χ1n) is 19.4. The molecule has 0 bridgehead atoms. The number of nitrogens with zero attached hydrogens (tertiary/aromatic N) is 2. The van der Waals surface area contributed by atoms with Gasteiger partial charge in [0.25, 0.3) is 22.2 Å². The monoisotopic (exact) mass is 802 g/mol. The maximum atomic E-state index is 14.9. The number of hydrogen-bond donors (Lipinski definition) is 0. The summed E-state index contributed by atoms with van der Waals surface area (Å²) in [5.74, 6) is 0.252. The minimum absolute atomic E-state index is 0.0604. The number of pyridine rings is 2. The predicted octanol–water partition coefficient (Wildman–Crippen LogP) is 11.4. The third-order valence-corrected chi connectivity index (χ3v) is 12.8. The molecule has 0 N–H and O–H groups in total. The van der Waals surface area contributed by atoms with Crippen LogP contribution in [0.15, 0.2) is 94.8 Å². The molecule has 0 aliphatic rings. The molecule has 0 unspecified atom stereocenters. The molecule has 0 radical (unpaired) electrons. The number of para-hydroxylation sites is 2. The second kappa shape index (κ2) is 11.7. The third kappa shape index (κ3) is 4.28. The van der Waals surface area contributed by atoms with E-state index in [2.05, 4.69) is 71.3 Å². The zero-order chi connectivity index (χ0) is 39.4. The molecule has 0 atom stereocenters. The molecule has 3 aromatic heterocycles. The summed E-state index contributed by atoms with van der Waals surface area (Å²) in [6, 6.07) is 21.1. The van der Waals surface area contributed by atoms with Gasteiger partial charge in [0.05, 0.1) is 27.5 Å². The van der Waals surface area contributed by atoms with Crippen LogP contribution < -0.4 is 22.2 Å². The summed E-state index contributed by atoms with van der Waals surface area (Å²) < 4.78 is 10.1. The highest BCUT2D eigenvalue weighted by molar-refractivity contribution is 9.10. The third-order valence-electron chi connectivity index (χ3n) is 12.2. The normalized spacial score (nSPS) is 12.9. The first kappa shape index (κ1) is 34.9. The Hall–Kier alpha value is -5.60. The zero-order valence-electron chi connectivity index (χ0n) is 32.5. The lowest BCUT2D eigenvalue weighted by Gasteiger charge is -2.22. The number of benzene rings is 7. The lowest BCUT2D eigenvalue weighted by atomic mass is 9.86. The van der Waals surface area contributed by atoms with Crippen LogP contribution in [-0.4, -0.2) is 9.13 Å². The molecule has 3 heterocycles. The van der Waals surface area contributed by atoms with Gasteiger partial charge in [-0.3, -0.25) is 19.2 Å². The van der Waals surface area contributed by atoms with E-state index in [1.54, 1.807) is 12.1 Å². The van der Waals surface area contributed by atoms with Crippen LogP contribution >= 0.6 is 15.9 Å². The molecule has 278 valence electrons. The second-order valence-corrected chi connectivity index (χ2v) is 17.6. The molecule has 0 saturated carbocycles. The number of aromatic nitrogens is 2.